The third-order valence-corrected chi connectivity index (χ3v) is 5.14. The van der Waals surface area contributed by atoms with Crippen LogP contribution in [0.2, 0.25) is 0 Å². The Hall–Kier alpha value is -3.20. The zero-order valence-corrected chi connectivity index (χ0v) is 14.8. The van der Waals surface area contributed by atoms with E-state index in [2.05, 4.69) is 15.3 Å². The number of thiophene rings is 1. The molecule has 3 heterocycles. The minimum absolute atomic E-state index is 0.160. The average Bonchev–Trinajstić information content (AvgIpc) is 3.00. The summed E-state index contributed by atoms with van der Waals surface area (Å²) < 4.78 is 28.3. The van der Waals surface area contributed by atoms with Crippen LogP contribution in [0.3, 0.4) is 0 Å². The molecule has 0 aliphatic carbocycles. The normalized spacial score (nSPS) is 11.2. The summed E-state index contributed by atoms with van der Waals surface area (Å²) in [6.45, 7) is 1.28. The van der Waals surface area contributed by atoms with E-state index in [-0.39, 0.29) is 17.8 Å². The Labute approximate surface area is 155 Å². The minimum Gasteiger partial charge on any atom is -0.322 e. The highest BCUT2D eigenvalue weighted by Crippen LogP contribution is 2.28. The van der Waals surface area contributed by atoms with Crippen LogP contribution in [0.15, 0.2) is 41.3 Å². The highest BCUT2D eigenvalue weighted by molar-refractivity contribution is 7.25. The average molecular weight is 386 g/mol. The van der Waals surface area contributed by atoms with Crippen molar-refractivity contribution in [3.63, 3.8) is 0 Å². The molecule has 0 fully saturated rings. The first-order valence-electron chi connectivity index (χ1n) is 7.93. The van der Waals surface area contributed by atoms with Gasteiger partial charge in [-0.15, -0.1) is 11.3 Å². The maximum Gasteiger partial charge on any atom is 0.272 e. The number of carbonyl (C=O) groups excluding carboxylic acids is 1. The summed E-state index contributed by atoms with van der Waals surface area (Å²) in [4.78, 5) is 34.4. The number of anilines is 1. The fourth-order valence-electron chi connectivity index (χ4n) is 2.78. The van der Waals surface area contributed by atoms with Gasteiger partial charge in [0, 0.05) is 17.6 Å². The van der Waals surface area contributed by atoms with Gasteiger partial charge in [-0.25, -0.2) is 18.7 Å². The van der Waals surface area contributed by atoms with Crippen molar-refractivity contribution in [1.82, 2.24) is 14.5 Å². The number of aryl methyl sites for hydroxylation is 1. The van der Waals surface area contributed by atoms with Gasteiger partial charge in [0.05, 0.1) is 11.2 Å². The quantitative estimate of drug-likeness (QED) is 0.587. The molecule has 6 nitrogen and oxygen atoms in total. The summed E-state index contributed by atoms with van der Waals surface area (Å²) in [6, 6.07) is 6.43. The molecule has 4 aromatic rings. The molecule has 1 aromatic carbocycles. The number of halogens is 2. The Morgan fingerprint density at radius 1 is 1.30 bits per heavy atom. The molecule has 1 amide bonds. The van der Waals surface area contributed by atoms with Crippen LogP contribution in [0, 0.1) is 18.6 Å². The summed E-state index contributed by atoms with van der Waals surface area (Å²) in [7, 11) is 0. The lowest BCUT2D eigenvalue weighted by atomic mass is 10.3. The van der Waals surface area contributed by atoms with Crippen molar-refractivity contribution in [2.45, 2.75) is 13.5 Å². The Morgan fingerprint density at radius 2 is 2.11 bits per heavy atom. The van der Waals surface area contributed by atoms with Gasteiger partial charge in [-0.3, -0.25) is 14.2 Å². The van der Waals surface area contributed by atoms with Gasteiger partial charge in [0.15, 0.2) is 0 Å². The number of hydrogen-bond donors (Lipinski definition) is 1. The van der Waals surface area contributed by atoms with E-state index in [1.807, 2.05) is 6.07 Å². The van der Waals surface area contributed by atoms with E-state index >= 15 is 0 Å². The van der Waals surface area contributed by atoms with Crippen molar-refractivity contribution in [2.75, 3.05) is 5.32 Å². The van der Waals surface area contributed by atoms with E-state index in [0.29, 0.717) is 26.9 Å². The van der Waals surface area contributed by atoms with Gasteiger partial charge in [-0.2, -0.15) is 0 Å². The van der Waals surface area contributed by atoms with Crippen LogP contribution in [0.1, 0.15) is 5.82 Å². The number of rotatable bonds is 3. The second-order valence-electron chi connectivity index (χ2n) is 5.86. The Kier molecular flexibility index (Phi) is 4.15. The molecule has 4 rings (SSSR count). The minimum atomic E-state index is -0.892. The van der Waals surface area contributed by atoms with Crippen molar-refractivity contribution >= 4 is 43.4 Å². The lowest BCUT2D eigenvalue weighted by molar-refractivity contribution is -0.116. The van der Waals surface area contributed by atoms with Crippen LogP contribution in [-0.4, -0.2) is 20.4 Å². The standard InChI is InChI=1S/C18H12F2N4O2S/c1-9-22-15-11-3-2-6-21-17(11)27-16(15)18(26)24(9)8-14(25)23-13-5-4-10(19)7-12(13)20/h2-7H,8H2,1H3,(H,23,25). The summed E-state index contributed by atoms with van der Waals surface area (Å²) in [6.07, 6.45) is 1.63. The summed E-state index contributed by atoms with van der Waals surface area (Å²) in [5, 5.41) is 3.12. The zero-order chi connectivity index (χ0) is 19.1. The third kappa shape index (κ3) is 3.06. The highest BCUT2D eigenvalue weighted by Gasteiger charge is 2.17. The molecule has 27 heavy (non-hydrogen) atoms. The van der Waals surface area contributed by atoms with E-state index in [1.165, 1.54) is 15.9 Å². The summed E-state index contributed by atoms with van der Waals surface area (Å²) in [5.41, 5.74) is 0.0225. The SMILES string of the molecule is Cc1nc2c(sc3ncccc32)c(=O)n1CC(=O)Nc1ccc(F)cc1F. The van der Waals surface area contributed by atoms with E-state index < -0.39 is 17.5 Å². The van der Waals surface area contributed by atoms with Crippen LogP contribution in [-0.2, 0) is 11.3 Å². The molecule has 0 radical (unpaired) electrons. The predicted octanol–water partition coefficient (Wildman–Crippen LogP) is 3.23. The molecule has 0 unspecified atom stereocenters. The first kappa shape index (κ1) is 17.2. The molecule has 0 aliphatic rings. The molecular weight excluding hydrogens is 374 g/mol. The van der Waals surface area contributed by atoms with Crippen molar-refractivity contribution in [3.8, 4) is 0 Å². The summed E-state index contributed by atoms with van der Waals surface area (Å²) in [5.74, 6) is -1.90. The molecule has 9 heteroatoms. The molecule has 136 valence electrons. The number of fused-ring (bicyclic) bond motifs is 3. The molecule has 0 atom stereocenters. The van der Waals surface area contributed by atoms with Gasteiger partial charge in [0.1, 0.15) is 33.5 Å². The number of amides is 1. The van der Waals surface area contributed by atoms with Crippen molar-refractivity contribution in [2.24, 2.45) is 0 Å². The molecule has 0 spiro atoms. The van der Waals surface area contributed by atoms with Gasteiger partial charge in [0.2, 0.25) is 5.91 Å². The van der Waals surface area contributed by atoms with Gasteiger partial charge < -0.3 is 5.32 Å². The van der Waals surface area contributed by atoms with Gasteiger partial charge >= 0.3 is 0 Å². The number of nitrogens with zero attached hydrogens (tertiary/aromatic N) is 3. The smallest absolute Gasteiger partial charge is 0.272 e. The Morgan fingerprint density at radius 3 is 2.89 bits per heavy atom. The lowest BCUT2D eigenvalue weighted by Crippen LogP contribution is -2.30. The number of aromatic nitrogens is 3. The van der Waals surface area contributed by atoms with Crippen LogP contribution >= 0.6 is 11.3 Å². The van der Waals surface area contributed by atoms with Crippen molar-refractivity contribution in [1.29, 1.82) is 0 Å². The first-order chi connectivity index (χ1) is 12.9. The van der Waals surface area contributed by atoms with E-state index in [0.717, 1.165) is 17.5 Å². The number of hydrogen-bond acceptors (Lipinski definition) is 5. The van der Waals surface area contributed by atoms with E-state index in [1.54, 1.807) is 19.2 Å². The van der Waals surface area contributed by atoms with Crippen LogP contribution < -0.4 is 10.9 Å². The third-order valence-electron chi connectivity index (χ3n) is 4.05. The Balaban J connectivity index is 1.70. The number of pyridine rings is 1. The largest absolute Gasteiger partial charge is 0.322 e. The zero-order valence-electron chi connectivity index (χ0n) is 14.0. The van der Waals surface area contributed by atoms with Crippen LogP contribution in [0.25, 0.3) is 20.4 Å². The van der Waals surface area contributed by atoms with E-state index in [4.69, 9.17) is 0 Å². The molecule has 0 aliphatic heterocycles. The summed E-state index contributed by atoms with van der Waals surface area (Å²) >= 11 is 1.21. The van der Waals surface area contributed by atoms with Crippen molar-refractivity contribution in [3.05, 3.63) is 64.3 Å². The van der Waals surface area contributed by atoms with Gasteiger partial charge in [-0.1, -0.05) is 0 Å². The second-order valence-corrected chi connectivity index (χ2v) is 6.86. The lowest BCUT2D eigenvalue weighted by Gasteiger charge is -2.10. The Bertz CT molecular complexity index is 1270. The van der Waals surface area contributed by atoms with Crippen molar-refractivity contribution < 1.29 is 13.6 Å². The first-order valence-corrected chi connectivity index (χ1v) is 8.75. The maximum absolute atomic E-state index is 13.7. The second kappa shape index (κ2) is 6.51. The van der Waals surface area contributed by atoms with Crippen LogP contribution in [0.4, 0.5) is 14.5 Å². The fourth-order valence-corrected chi connectivity index (χ4v) is 3.81. The molecule has 0 saturated heterocycles. The van der Waals surface area contributed by atoms with Crippen LogP contribution in [0.5, 0.6) is 0 Å². The molecule has 3 aromatic heterocycles. The number of carbonyl (C=O) groups is 1. The van der Waals surface area contributed by atoms with Gasteiger partial charge in [0.25, 0.3) is 5.56 Å². The molecule has 1 N–H and O–H groups in total. The predicted molar refractivity (Wildman–Crippen MR) is 98.9 cm³/mol. The molecular formula is C18H12F2N4O2S. The number of benzene rings is 1. The monoisotopic (exact) mass is 386 g/mol. The van der Waals surface area contributed by atoms with E-state index in [9.17, 15) is 18.4 Å². The van der Waals surface area contributed by atoms with Gasteiger partial charge in [-0.05, 0) is 31.2 Å². The molecule has 0 bridgehead atoms. The molecule has 0 saturated carbocycles. The maximum atomic E-state index is 13.7. The highest BCUT2D eigenvalue weighted by atomic mass is 32.1. The topological polar surface area (TPSA) is 76.9 Å². The fraction of sp³-hybridized carbons (Fsp3) is 0.111. The number of nitrogens with one attached hydrogen (secondary N) is 1.